The van der Waals surface area contributed by atoms with Gasteiger partial charge in [-0.05, 0) is 36.6 Å². The maximum absolute atomic E-state index is 14.8. The van der Waals surface area contributed by atoms with E-state index in [-0.39, 0.29) is 12.5 Å². The molecule has 7 heteroatoms. The molecule has 2 aliphatic rings. The van der Waals surface area contributed by atoms with Crippen LogP contribution in [0.5, 0.6) is 5.75 Å². The lowest BCUT2D eigenvalue weighted by Gasteiger charge is -2.33. The second-order valence-electron chi connectivity index (χ2n) is 11.7. The Kier molecular flexibility index (Phi) is 9.09. The van der Waals surface area contributed by atoms with Crippen LogP contribution in [0, 0.1) is 0 Å². The zero-order chi connectivity index (χ0) is 30.5. The summed E-state index contributed by atoms with van der Waals surface area (Å²) in [5, 5.41) is 0. The van der Waals surface area contributed by atoms with E-state index in [0.29, 0.717) is 13.2 Å². The number of methoxy groups -OCH3 is 1. The van der Waals surface area contributed by atoms with Crippen molar-refractivity contribution in [3.63, 3.8) is 0 Å². The van der Waals surface area contributed by atoms with E-state index in [9.17, 15) is 4.79 Å². The van der Waals surface area contributed by atoms with Crippen LogP contribution in [0.1, 0.15) is 42.0 Å². The van der Waals surface area contributed by atoms with Crippen molar-refractivity contribution in [2.24, 2.45) is 0 Å². The van der Waals surface area contributed by atoms with Gasteiger partial charge < -0.3 is 28.6 Å². The number of hydrogen-bond donors (Lipinski definition) is 0. The van der Waals surface area contributed by atoms with Crippen LogP contribution in [0.4, 0.5) is 0 Å². The van der Waals surface area contributed by atoms with E-state index < -0.39 is 36.3 Å². The van der Waals surface area contributed by atoms with Crippen LogP contribution in [0.25, 0.3) is 0 Å². The summed E-state index contributed by atoms with van der Waals surface area (Å²) in [7, 11) is 1.65. The van der Waals surface area contributed by atoms with Gasteiger partial charge in [0.1, 0.15) is 24.1 Å². The van der Waals surface area contributed by atoms with Crippen LogP contribution in [0.3, 0.4) is 0 Å². The van der Waals surface area contributed by atoms with E-state index in [2.05, 4.69) is 0 Å². The van der Waals surface area contributed by atoms with Crippen molar-refractivity contribution in [2.75, 3.05) is 13.7 Å². The van der Waals surface area contributed by atoms with E-state index in [1.807, 2.05) is 134 Å². The molecule has 0 spiro atoms. The summed E-state index contributed by atoms with van der Waals surface area (Å²) in [6.45, 7) is 4.73. The third-order valence-electron chi connectivity index (χ3n) is 8.15. The fraction of sp³-hybridized carbons (Fsp3) is 0.324. The molecule has 2 saturated heterocycles. The van der Waals surface area contributed by atoms with Crippen LogP contribution >= 0.6 is 0 Å². The van der Waals surface area contributed by atoms with Crippen molar-refractivity contribution >= 4 is 5.91 Å². The SMILES string of the molecule is COc1ccccc1CN(CC1OC2OC(C)(C)OC2C1OCc1ccccc1)C(=O)C(c1ccccc1)c1ccccc1. The van der Waals surface area contributed by atoms with Gasteiger partial charge in [-0.2, -0.15) is 0 Å². The van der Waals surface area contributed by atoms with Crippen molar-refractivity contribution in [2.45, 2.75) is 63.3 Å². The molecule has 2 aliphatic heterocycles. The van der Waals surface area contributed by atoms with Crippen LogP contribution in [0.2, 0.25) is 0 Å². The molecule has 0 radical (unpaired) electrons. The fourth-order valence-corrected chi connectivity index (χ4v) is 6.10. The largest absolute Gasteiger partial charge is 0.496 e. The van der Waals surface area contributed by atoms with Gasteiger partial charge in [0.05, 0.1) is 26.2 Å². The van der Waals surface area contributed by atoms with E-state index >= 15 is 0 Å². The Morgan fingerprint density at radius 2 is 1.41 bits per heavy atom. The molecule has 0 saturated carbocycles. The molecule has 0 aromatic heterocycles. The Labute approximate surface area is 259 Å². The Hall–Kier alpha value is -4.01. The van der Waals surface area contributed by atoms with Crippen molar-refractivity contribution in [1.29, 1.82) is 0 Å². The minimum absolute atomic E-state index is 0.0436. The smallest absolute Gasteiger partial charge is 0.234 e. The number of carbonyl (C=O) groups is 1. The van der Waals surface area contributed by atoms with Crippen molar-refractivity contribution < 1.29 is 28.5 Å². The zero-order valence-corrected chi connectivity index (χ0v) is 25.4. The van der Waals surface area contributed by atoms with Gasteiger partial charge in [-0.15, -0.1) is 0 Å². The molecule has 0 aliphatic carbocycles. The lowest BCUT2D eigenvalue weighted by atomic mass is 9.89. The van der Waals surface area contributed by atoms with Crippen molar-refractivity contribution in [1.82, 2.24) is 4.90 Å². The highest BCUT2D eigenvalue weighted by atomic mass is 16.8. The first-order chi connectivity index (χ1) is 21.4. The second kappa shape index (κ2) is 13.3. The molecule has 0 bridgehead atoms. The Bertz CT molecular complexity index is 1470. The Morgan fingerprint density at radius 3 is 2.05 bits per heavy atom. The van der Waals surface area contributed by atoms with Crippen molar-refractivity contribution in [3.05, 3.63) is 138 Å². The van der Waals surface area contributed by atoms with Crippen LogP contribution in [-0.4, -0.2) is 54.9 Å². The lowest BCUT2D eigenvalue weighted by molar-refractivity contribution is -0.221. The minimum atomic E-state index is -0.798. The highest BCUT2D eigenvalue weighted by Gasteiger charge is 2.56. The predicted octanol–water partition coefficient (Wildman–Crippen LogP) is 6.32. The maximum atomic E-state index is 14.8. The molecule has 44 heavy (non-hydrogen) atoms. The van der Waals surface area contributed by atoms with Gasteiger partial charge in [-0.3, -0.25) is 4.79 Å². The molecule has 1 amide bonds. The number of amides is 1. The number of rotatable bonds is 11. The Balaban J connectivity index is 1.34. The van der Waals surface area contributed by atoms with E-state index in [1.54, 1.807) is 7.11 Å². The summed E-state index contributed by atoms with van der Waals surface area (Å²) in [4.78, 5) is 16.7. The quantitative estimate of drug-likeness (QED) is 0.203. The van der Waals surface area contributed by atoms with Gasteiger partial charge in [-0.25, -0.2) is 0 Å². The normalized spacial score (nSPS) is 22.1. The number of nitrogens with zero attached hydrogens (tertiary/aromatic N) is 1. The monoisotopic (exact) mass is 593 g/mol. The van der Waals surface area contributed by atoms with Crippen molar-refractivity contribution in [3.8, 4) is 5.75 Å². The third kappa shape index (κ3) is 6.71. The maximum Gasteiger partial charge on any atom is 0.234 e. The van der Waals surface area contributed by atoms with Gasteiger partial charge in [0.2, 0.25) is 5.91 Å². The molecule has 4 unspecified atom stereocenters. The van der Waals surface area contributed by atoms with Gasteiger partial charge in [0.15, 0.2) is 12.1 Å². The van der Waals surface area contributed by atoms with Crippen LogP contribution in [0.15, 0.2) is 115 Å². The van der Waals surface area contributed by atoms with E-state index in [1.165, 1.54) is 0 Å². The molecule has 4 atom stereocenters. The average molecular weight is 594 g/mol. The summed E-state index contributed by atoms with van der Waals surface area (Å²) < 4.78 is 31.1. The van der Waals surface area contributed by atoms with Gasteiger partial charge >= 0.3 is 0 Å². The van der Waals surface area contributed by atoms with Crippen LogP contribution < -0.4 is 4.74 Å². The number of carbonyl (C=O) groups excluding carboxylic acids is 1. The summed E-state index contributed by atoms with van der Waals surface area (Å²) >= 11 is 0. The standard InChI is InChI=1S/C37H39NO6/c1-37(2)43-34-33(41-25-26-15-7-4-8-16-26)31(42-36(34)44-37)24-38(23-29-21-13-14-22-30(29)40-3)35(39)32(27-17-9-5-10-18-27)28-19-11-6-12-20-28/h4-22,31-34,36H,23-25H2,1-3H3. The molecule has 0 N–H and O–H groups in total. The first kappa shape index (κ1) is 30.0. The van der Waals surface area contributed by atoms with Gasteiger partial charge in [0.25, 0.3) is 0 Å². The molecule has 2 heterocycles. The molecule has 6 rings (SSSR count). The lowest BCUT2D eigenvalue weighted by Crippen LogP contribution is -2.46. The third-order valence-corrected chi connectivity index (χ3v) is 8.15. The van der Waals surface area contributed by atoms with E-state index in [0.717, 1.165) is 28.0 Å². The molecule has 2 fully saturated rings. The summed E-state index contributed by atoms with van der Waals surface area (Å²) in [5.41, 5.74) is 3.78. The first-order valence-electron chi connectivity index (χ1n) is 15.1. The number of ether oxygens (including phenoxy) is 5. The molecular weight excluding hydrogens is 554 g/mol. The van der Waals surface area contributed by atoms with Crippen LogP contribution in [-0.2, 0) is 36.9 Å². The number of fused-ring (bicyclic) bond motifs is 1. The number of para-hydroxylation sites is 1. The summed E-state index contributed by atoms with van der Waals surface area (Å²) in [6, 6.07) is 37.6. The molecule has 4 aromatic rings. The molecule has 7 nitrogen and oxygen atoms in total. The highest BCUT2D eigenvalue weighted by molar-refractivity contribution is 5.87. The topological polar surface area (TPSA) is 66.5 Å². The van der Waals surface area contributed by atoms with Gasteiger partial charge in [0, 0.05) is 12.1 Å². The Morgan fingerprint density at radius 1 is 0.818 bits per heavy atom. The number of benzene rings is 4. The zero-order valence-electron chi connectivity index (χ0n) is 25.4. The number of hydrogen-bond acceptors (Lipinski definition) is 6. The van der Waals surface area contributed by atoms with E-state index in [4.69, 9.17) is 23.7 Å². The first-order valence-corrected chi connectivity index (χ1v) is 15.1. The predicted molar refractivity (Wildman–Crippen MR) is 167 cm³/mol. The highest BCUT2D eigenvalue weighted by Crippen LogP contribution is 2.40. The average Bonchev–Trinajstić information content (AvgIpc) is 3.51. The molecular formula is C37H39NO6. The fourth-order valence-electron chi connectivity index (χ4n) is 6.10. The summed E-state index contributed by atoms with van der Waals surface area (Å²) in [6.07, 6.45) is -1.98. The minimum Gasteiger partial charge on any atom is -0.496 e. The molecule has 4 aromatic carbocycles. The summed E-state index contributed by atoms with van der Waals surface area (Å²) in [5.74, 6) is -0.635. The van der Waals surface area contributed by atoms with Gasteiger partial charge in [-0.1, -0.05) is 109 Å². The molecule has 228 valence electrons. The second-order valence-corrected chi connectivity index (χ2v) is 11.7.